The van der Waals surface area contributed by atoms with Crippen molar-refractivity contribution in [3.63, 3.8) is 0 Å². The highest BCUT2D eigenvalue weighted by atomic mass is 16.2. The third-order valence-corrected chi connectivity index (χ3v) is 4.47. The fourth-order valence-corrected chi connectivity index (χ4v) is 3.33. The Kier molecular flexibility index (Phi) is 3.96. The number of nitrogens with one attached hydrogen (secondary N) is 1. The third kappa shape index (κ3) is 2.94. The lowest BCUT2D eigenvalue weighted by Crippen LogP contribution is -2.50. The van der Waals surface area contributed by atoms with Gasteiger partial charge >= 0.3 is 6.03 Å². The number of allylic oxidation sites excluding steroid dienone is 1. The van der Waals surface area contributed by atoms with E-state index in [1.807, 2.05) is 42.2 Å². The van der Waals surface area contributed by atoms with Gasteiger partial charge in [0.2, 0.25) is 0 Å². The van der Waals surface area contributed by atoms with Gasteiger partial charge in [0.25, 0.3) is 0 Å². The van der Waals surface area contributed by atoms with Gasteiger partial charge in [-0.2, -0.15) is 0 Å². The van der Waals surface area contributed by atoms with Gasteiger partial charge in [0.1, 0.15) is 0 Å². The normalized spacial score (nSPS) is 15.5. The van der Waals surface area contributed by atoms with Crippen LogP contribution in [0.5, 0.6) is 0 Å². The molecule has 124 valence electrons. The van der Waals surface area contributed by atoms with E-state index in [1.54, 1.807) is 0 Å². The van der Waals surface area contributed by atoms with Crippen molar-refractivity contribution in [2.45, 2.75) is 40.2 Å². The number of urea groups is 1. The van der Waals surface area contributed by atoms with Crippen LogP contribution in [-0.4, -0.2) is 11.6 Å². The minimum atomic E-state index is -0.388. The molecule has 3 heteroatoms. The summed E-state index contributed by atoms with van der Waals surface area (Å²) in [6.45, 7) is 10.3. The Morgan fingerprint density at radius 1 is 0.958 bits per heavy atom. The molecule has 0 saturated heterocycles. The summed E-state index contributed by atoms with van der Waals surface area (Å²) in [5.41, 5.74) is 6.06. The van der Waals surface area contributed by atoms with Crippen molar-refractivity contribution in [1.82, 2.24) is 0 Å². The van der Waals surface area contributed by atoms with Crippen molar-refractivity contribution in [1.29, 1.82) is 0 Å². The summed E-state index contributed by atoms with van der Waals surface area (Å²) in [7, 11) is 0. The largest absolute Gasteiger partial charge is 0.327 e. The van der Waals surface area contributed by atoms with Crippen LogP contribution in [0.1, 0.15) is 37.5 Å². The molecule has 0 atom stereocenters. The lowest BCUT2D eigenvalue weighted by Gasteiger charge is -2.41. The molecule has 3 nitrogen and oxygen atoms in total. The molecule has 0 radical (unpaired) electrons. The van der Waals surface area contributed by atoms with Crippen LogP contribution in [0.25, 0.3) is 5.57 Å². The summed E-state index contributed by atoms with van der Waals surface area (Å²) in [5.74, 6) is 0. The van der Waals surface area contributed by atoms with Crippen LogP contribution in [0.3, 0.4) is 0 Å². The van der Waals surface area contributed by atoms with Crippen molar-refractivity contribution in [3.05, 3.63) is 65.2 Å². The van der Waals surface area contributed by atoms with Gasteiger partial charge < -0.3 is 5.32 Å². The number of rotatable bonds is 1. The number of carbonyl (C=O) groups is 1. The average molecular weight is 320 g/mol. The van der Waals surface area contributed by atoms with Crippen LogP contribution < -0.4 is 10.2 Å². The highest BCUT2D eigenvalue weighted by Gasteiger charge is 2.35. The van der Waals surface area contributed by atoms with E-state index >= 15 is 0 Å². The van der Waals surface area contributed by atoms with Gasteiger partial charge in [-0.05, 0) is 64.5 Å². The summed E-state index contributed by atoms with van der Waals surface area (Å²) in [4.78, 5) is 14.8. The molecule has 0 bridgehead atoms. The second-order valence-corrected chi connectivity index (χ2v) is 7.13. The monoisotopic (exact) mass is 320 g/mol. The molecule has 24 heavy (non-hydrogen) atoms. The second-order valence-electron chi connectivity index (χ2n) is 7.13. The van der Waals surface area contributed by atoms with Crippen LogP contribution in [0, 0.1) is 13.8 Å². The Labute approximate surface area is 144 Å². The van der Waals surface area contributed by atoms with E-state index in [0.29, 0.717) is 0 Å². The van der Waals surface area contributed by atoms with Gasteiger partial charge in [-0.3, -0.25) is 4.90 Å². The summed E-state index contributed by atoms with van der Waals surface area (Å²) in [6.07, 6.45) is 2.16. The quantitative estimate of drug-likeness (QED) is 0.735. The first-order chi connectivity index (χ1) is 11.3. The number of fused-ring (bicyclic) bond motifs is 1. The zero-order valence-corrected chi connectivity index (χ0v) is 15.0. The standard InChI is InChI=1S/C21H24N2O/c1-14-6-9-17(10-7-14)22-20(24)23-19-11-8-15(2)12-18(19)16(3)13-21(23,4)5/h6-13H,1-5H3,(H,22,24). The Bertz CT molecular complexity index is 816. The van der Waals surface area contributed by atoms with Crippen LogP contribution in [-0.2, 0) is 0 Å². The highest BCUT2D eigenvalue weighted by molar-refractivity contribution is 6.06. The van der Waals surface area contributed by atoms with Gasteiger partial charge in [0, 0.05) is 11.3 Å². The Morgan fingerprint density at radius 3 is 2.25 bits per heavy atom. The molecular weight excluding hydrogens is 296 g/mol. The van der Waals surface area contributed by atoms with E-state index in [4.69, 9.17) is 0 Å². The molecule has 1 aliphatic rings. The summed E-state index contributed by atoms with van der Waals surface area (Å²) in [6, 6.07) is 14.0. The lowest BCUT2D eigenvalue weighted by atomic mass is 9.88. The Morgan fingerprint density at radius 2 is 1.58 bits per heavy atom. The third-order valence-electron chi connectivity index (χ3n) is 4.47. The number of hydrogen-bond donors (Lipinski definition) is 1. The van der Waals surface area contributed by atoms with Crippen molar-refractivity contribution in [2.24, 2.45) is 0 Å². The fraction of sp³-hybridized carbons (Fsp3) is 0.286. The second kappa shape index (κ2) is 5.82. The summed E-state index contributed by atoms with van der Waals surface area (Å²) < 4.78 is 0. The van der Waals surface area contributed by atoms with Gasteiger partial charge in [0.05, 0.1) is 11.2 Å². The molecule has 2 aromatic rings. The maximum Gasteiger partial charge on any atom is 0.327 e. The molecule has 0 fully saturated rings. The van der Waals surface area contributed by atoms with Crippen LogP contribution in [0.2, 0.25) is 0 Å². The predicted molar refractivity (Wildman–Crippen MR) is 102 cm³/mol. The molecule has 2 aromatic carbocycles. The van der Waals surface area contributed by atoms with E-state index in [1.165, 1.54) is 16.7 Å². The van der Waals surface area contributed by atoms with Gasteiger partial charge in [-0.1, -0.05) is 35.4 Å². The molecule has 0 saturated carbocycles. The van der Waals surface area contributed by atoms with E-state index in [9.17, 15) is 4.79 Å². The molecule has 2 amide bonds. The Balaban J connectivity index is 1.99. The van der Waals surface area contributed by atoms with Crippen molar-refractivity contribution < 1.29 is 4.79 Å². The van der Waals surface area contributed by atoms with E-state index in [2.05, 4.69) is 51.2 Å². The number of anilines is 2. The zero-order valence-electron chi connectivity index (χ0n) is 15.0. The number of aryl methyl sites for hydroxylation is 2. The first-order valence-corrected chi connectivity index (χ1v) is 8.26. The van der Waals surface area contributed by atoms with Crippen LogP contribution in [0.4, 0.5) is 16.2 Å². The highest BCUT2D eigenvalue weighted by Crippen LogP contribution is 2.39. The topological polar surface area (TPSA) is 32.3 Å². The average Bonchev–Trinajstić information content (AvgIpc) is 2.49. The molecular formula is C21H24N2O. The van der Waals surface area contributed by atoms with Gasteiger partial charge in [-0.25, -0.2) is 4.79 Å². The molecule has 3 rings (SSSR count). The maximum atomic E-state index is 13.0. The maximum absolute atomic E-state index is 13.0. The van der Waals surface area contributed by atoms with Crippen LogP contribution in [0.15, 0.2) is 48.5 Å². The molecule has 0 unspecified atom stereocenters. The van der Waals surface area contributed by atoms with Crippen molar-refractivity contribution in [2.75, 3.05) is 10.2 Å². The SMILES string of the molecule is CC1=CC(C)(C)N(C(=O)Nc2ccc(C)cc2)c2ccc(C)cc21. The molecule has 1 heterocycles. The molecule has 0 aromatic heterocycles. The summed E-state index contributed by atoms with van der Waals surface area (Å²) >= 11 is 0. The molecule has 1 N–H and O–H groups in total. The van der Waals surface area contributed by atoms with Crippen molar-refractivity contribution >= 4 is 23.0 Å². The number of hydrogen-bond acceptors (Lipinski definition) is 1. The fourth-order valence-electron chi connectivity index (χ4n) is 3.33. The minimum Gasteiger partial charge on any atom is -0.308 e. The number of nitrogens with zero attached hydrogens (tertiary/aromatic N) is 1. The Hall–Kier alpha value is -2.55. The van der Waals surface area contributed by atoms with Crippen molar-refractivity contribution in [3.8, 4) is 0 Å². The van der Waals surface area contributed by atoms with E-state index in [-0.39, 0.29) is 11.6 Å². The first kappa shape index (κ1) is 16.3. The predicted octanol–water partition coefficient (Wildman–Crippen LogP) is 5.54. The molecule has 0 aliphatic carbocycles. The molecule has 0 spiro atoms. The summed E-state index contributed by atoms with van der Waals surface area (Å²) in [5, 5.41) is 3.02. The zero-order chi connectivity index (χ0) is 17.5. The first-order valence-electron chi connectivity index (χ1n) is 8.26. The number of carbonyl (C=O) groups excluding carboxylic acids is 1. The van der Waals surface area contributed by atoms with E-state index < -0.39 is 0 Å². The smallest absolute Gasteiger partial charge is 0.308 e. The van der Waals surface area contributed by atoms with E-state index in [0.717, 1.165) is 16.9 Å². The number of benzene rings is 2. The van der Waals surface area contributed by atoms with Crippen LogP contribution >= 0.6 is 0 Å². The van der Waals surface area contributed by atoms with Gasteiger partial charge in [0.15, 0.2) is 0 Å². The minimum absolute atomic E-state index is 0.113. The van der Waals surface area contributed by atoms with Gasteiger partial charge in [-0.15, -0.1) is 0 Å². The number of amides is 2. The lowest BCUT2D eigenvalue weighted by molar-refractivity contribution is 0.253. The molecule has 1 aliphatic heterocycles.